The Labute approximate surface area is 133 Å². The molecule has 3 nitrogen and oxygen atoms in total. The second-order valence-corrected chi connectivity index (χ2v) is 5.90. The molecule has 1 atom stereocenters. The van der Waals surface area contributed by atoms with Crippen molar-refractivity contribution in [3.8, 4) is 5.75 Å². The van der Waals surface area contributed by atoms with E-state index in [1.54, 1.807) is 13.2 Å². The van der Waals surface area contributed by atoms with Crippen molar-refractivity contribution in [1.82, 2.24) is 5.32 Å². The lowest BCUT2D eigenvalue weighted by atomic mass is 10.1. The van der Waals surface area contributed by atoms with Gasteiger partial charge < -0.3 is 14.5 Å². The Balaban J connectivity index is 2.08. The summed E-state index contributed by atoms with van der Waals surface area (Å²) in [4.78, 5) is 0. The summed E-state index contributed by atoms with van der Waals surface area (Å²) in [5.74, 6) is 1.16. The van der Waals surface area contributed by atoms with Gasteiger partial charge in [-0.2, -0.15) is 0 Å². The Hall–Kier alpha value is -0.850. The van der Waals surface area contributed by atoms with E-state index in [0.717, 1.165) is 15.8 Å². The lowest BCUT2D eigenvalue weighted by Crippen LogP contribution is -2.18. The van der Waals surface area contributed by atoms with Crippen LogP contribution in [0.2, 0.25) is 0 Å². The van der Waals surface area contributed by atoms with Gasteiger partial charge >= 0.3 is 0 Å². The number of methoxy groups -OCH3 is 1. The summed E-state index contributed by atoms with van der Waals surface area (Å²) in [6.07, 6.45) is 0. The molecular weight excluding hydrogens is 393 g/mol. The first-order valence-corrected chi connectivity index (χ1v) is 7.60. The van der Waals surface area contributed by atoms with Gasteiger partial charge in [0.05, 0.1) is 18.1 Å². The van der Waals surface area contributed by atoms with Crippen LogP contribution in [0, 0.1) is 5.82 Å². The first-order valence-electron chi connectivity index (χ1n) is 6.01. The van der Waals surface area contributed by atoms with E-state index in [4.69, 9.17) is 9.15 Å². The standard InChI is InChI=1S/C14H14Br2FNO2/c1-8(11-5-9(17)3-4-13(11)19-2)18-7-10-6-12(15)14(16)20-10/h3-6,8,18H,7H2,1-2H3. The van der Waals surface area contributed by atoms with Crippen LogP contribution in [-0.2, 0) is 6.54 Å². The fraction of sp³-hybridized carbons (Fsp3) is 0.286. The molecule has 0 aliphatic heterocycles. The summed E-state index contributed by atoms with van der Waals surface area (Å²) >= 11 is 6.65. The van der Waals surface area contributed by atoms with E-state index in [1.165, 1.54) is 12.1 Å². The molecule has 1 unspecified atom stereocenters. The summed E-state index contributed by atoms with van der Waals surface area (Å²) in [6, 6.07) is 6.30. The predicted octanol–water partition coefficient (Wildman–Crippen LogP) is 4.80. The molecule has 0 amide bonds. The van der Waals surface area contributed by atoms with Crippen LogP contribution in [0.3, 0.4) is 0 Å². The quantitative estimate of drug-likeness (QED) is 0.774. The normalized spacial score (nSPS) is 12.4. The lowest BCUT2D eigenvalue weighted by molar-refractivity contribution is 0.395. The maximum Gasteiger partial charge on any atom is 0.183 e. The van der Waals surface area contributed by atoms with Gasteiger partial charge in [-0.05, 0) is 63.0 Å². The van der Waals surface area contributed by atoms with Crippen LogP contribution in [-0.4, -0.2) is 7.11 Å². The first-order chi connectivity index (χ1) is 9.51. The van der Waals surface area contributed by atoms with E-state index >= 15 is 0 Å². The highest BCUT2D eigenvalue weighted by Crippen LogP contribution is 2.28. The van der Waals surface area contributed by atoms with E-state index in [0.29, 0.717) is 17.0 Å². The van der Waals surface area contributed by atoms with Gasteiger partial charge in [0.15, 0.2) is 4.67 Å². The number of hydrogen-bond donors (Lipinski definition) is 1. The van der Waals surface area contributed by atoms with Gasteiger partial charge in [0.25, 0.3) is 0 Å². The van der Waals surface area contributed by atoms with E-state index < -0.39 is 0 Å². The molecule has 1 N–H and O–H groups in total. The van der Waals surface area contributed by atoms with Crippen molar-refractivity contribution in [3.05, 3.63) is 50.5 Å². The number of rotatable bonds is 5. The first kappa shape index (κ1) is 15.5. The molecule has 1 heterocycles. The molecule has 2 rings (SSSR count). The average molecular weight is 407 g/mol. The van der Waals surface area contributed by atoms with Gasteiger partial charge in [-0.1, -0.05) is 0 Å². The Bertz CT molecular complexity index is 581. The maximum atomic E-state index is 13.3. The average Bonchev–Trinajstić information content (AvgIpc) is 2.75. The van der Waals surface area contributed by atoms with Gasteiger partial charge in [0.2, 0.25) is 0 Å². The van der Waals surface area contributed by atoms with Crippen molar-refractivity contribution in [1.29, 1.82) is 0 Å². The molecule has 0 radical (unpaired) electrons. The number of ether oxygens (including phenoxy) is 1. The molecule has 0 spiro atoms. The number of benzene rings is 1. The predicted molar refractivity (Wildman–Crippen MR) is 82.3 cm³/mol. The monoisotopic (exact) mass is 405 g/mol. The lowest BCUT2D eigenvalue weighted by Gasteiger charge is -2.16. The fourth-order valence-corrected chi connectivity index (χ4v) is 2.54. The number of nitrogens with one attached hydrogen (secondary N) is 1. The summed E-state index contributed by atoms with van der Waals surface area (Å²) in [5.41, 5.74) is 0.775. The van der Waals surface area contributed by atoms with Crippen molar-refractivity contribution in [2.75, 3.05) is 7.11 Å². The number of halogens is 3. The zero-order chi connectivity index (χ0) is 14.7. The molecule has 0 saturated heterocycles. The maximum absolute atomic E-state index is 13.3. The Morgan fingerprint density at radius 1 is 1.35 bits per heavy atom. The third-order valence-electron chi connectivity index (χ3n) is 2.94. The van der Waals surface area contributed by atoms with Crippen LogP contribution in [0.5, 0.6) is 5.75 Å². The van der Waals surface area contributed by atoms with Crippen molar-refractivity contribution in [2.45, 2.75) is 19.5 Å². The minimum atomic E-state index is -0.280. The molecule has 0 fully saturated rings. The van der Waals surface area contributed by atoms with E-state index in [-0.39, 0.29) is 11.9 Å². The summed E-state index contributed by atoms with van der Waals surface area (Å²) in [7, 11) is 1.57. The fourth-order valence-electron chi connectivity index (χ4n) is 1.89. The largest absolute Gasteiger partial charge is 0.496 e. The van der Waals surface area contributed by atoms with Crippen molar-refractivity contribution in [2.24, 2.45) is 0 Å². The van der Waals surface area contributed by atoms with Crippen molar-refractivity contribution >= 4 is 31.9 Å². The van der Waals surface area contributed by atoms with Crippen LogP contribution in [0.1, 0.15) is 24.3 Å². The summed E-state index contributed by atoms with van der Waals surface area (Å²) < 4.78 is 25.6. The van der Waals surface area contributed by atoms with Gasteiger partial charge in [-0.3, -0.25) is 0 Å². The Morgan fingerprint density at radius 3 is 2.70 bits per heavy atom. The van der Waals surface area contributed by atoms with Gasteiger partial charge in [-0.15, -0.1) is 0 Å². The highest BCUT2D eigenvalue weighted by atomic mass is 79.9. The Morgan fingerprint density at radius 2 is 2.10 bits per heavy atom. The summed E-state index contributed by atoms with van der Waals surface area (Å²) in [6.45, 7) is 2.48. The number of hydrogen-bond acceptors (Lipinski definition) is 3. The molecule has 1 aromatic heterocycles. The third kappa shape index (κ3) is 3.62. The molecule has 0 bridgehead atoms. The van der Waals surface area contributed by atoms with Crippen LogP contribution >= 0.6 is 31.9 Å². The second-order valence-electron chi connectivity index (χ2n) is 4.32. The van der Waals surface area contributed by atoms with E-state index in [9.17, 15) is 4.39 Å². The third-order valence-corrected chi connectivity index (χ3v) is 4.65. The molecule has 2 aromatic rings. The number of furan rings is 1. The van der Waals surface area contributed by atoms with Crippen molar-refractivity contribution in [3.63, 3.8) is 0 Å². The molecule has 1 aromatic carbocycles. The SMILES string of the molecule is COc1ccc(F)cc1C(C)NCc1cc(Br)c(Br)o1. The van der Waals surface area contributed by atoms with Crippen molar-refractivity contribution < 1.29 is 13.5 Å². The molecular formula is C14H14Br2FNO2. The summed E-state index contributed by atoms with van der Waals surface area (Å²) in [5, 5.41) is 3.28. The molecule has 20 heavy (non-hydrogen) atoms. The van der Waals surface area contributed by atoms with Crippen LogP contribution in [0.15, 0.2) is 37.8 Å². The van der Waals surface area contributed by atoms with Crippen LogP contribution < -0.4 is 10.1 Å². The molecule has 0 aliphatic rings. The van der Waals surface area contributed by atoms with Gasteiger partial charge in [-0.25, -0.2) is 4.39 Å². The van der Waals surface area contributed by atoms with Crippen LogP contribution in [0.4, 0.5) is 4.39 Å². The zero-order valence-electron chi connectivity index (χ0n) is 11.0. The molecule has 0 saturated carbocycles. The molecule has 0 aliphatic carbocycles. The second kappa shape index (κ2) is 6.74. The van der Waals surface area contributed by atoms with Crippen LogP contribution in [0.25, 0.3) is 0 Å². The minimum absolute atomic E-state index is 0.0664. The topological polar surface area (TPSA) is 34.4 Å². The minimum Gasteiger partial charge on any atom is -0.496 e. The Kier molecular flexibility index (Phi) is 5.23. The molecule has 108 valence electrons. The smallest absolute Gasteiger partial charge is 0.183 e. The van der Waals surface area contributed by atoms with E-state index in [2.05, 4.69) is 37.2 Å². The van der Waals surface area contributed by atoms with Gasteiger partial charge in [0, 0.05) is 11.6 Å². The van der Waals surface area contributed by atoms with E-state index in [1.807, 2.05) is 13.0 Å². The van der Waals surface area contributed by atoms with Gasteiger partial charge in [0.1, 0.15) is 17.3 Å². The zero-order valence-corrected chi connectivity index (χ0v) is 14.2. The molecule has 6 heteroatoms. The highest BCUT2D eigenvalue weighted by Gasteiger charge is 2.13. The highest BCUT2D eigenvalue weighted by molar-refractivity contribution is 9.13.